The third-order valence-electron chi connectivity index (χ3n) is 9.88. The molecule has 0 bridgehead atoms. The van der Waals surface area contributed by atoms with Crippen LogP contribution in [0, 0.1) is 17.7 Å². The number of aromatic nitrogens is 1. The number of rotatable bonds is 10. The van der Waals surface area contributed by atoms with E-state index in [9.17, 15) is 18.8 Å². The van der Waals surface area contributed by atoms with Crippen molar-refractivity contribution in [2.24, 2.45) is 11.8 Å². The lowest BCUT2D eigenvalue weighted by Gasteiger charge is -2.32. The number of amides is 1. The second-order valence-electron chi connectivity index (χ2n) is 12.9. The van der Waals surface area contributed by atoms with Crippen molar-refractivity contribution in [1.29, 1.82) is 0 Å². The second-order valence-corrected chi connectivity index (χ2v) is 12.9. The van der Waals surface area contributed by atoms with E-state index in [1.807, 2.05) is 18.2 Å². The molecule has 2 aromatic carbocycles. The van der Waals surface area contributed by atoms with Crippen LogP contribution in [0.25, 0.3) is 0 Å². The van der Waals surface area contributed by atoms with Crippen LogP contribution in [0.4, 0.5) is 10.1 Å². The molecular formula is C37H43FN4O4. The number of ketones is 2. The van der Waals surface area contributed by atoms with Gasteiger partial charge < -0.3 is 14.5 Å². The molecule has 0 unspecified atom stereocenters. The third-order valence-corrected chi connectivity index (χ3v) is 9.88. The van der Waals surface area contributed by atoms with E-state index in [2.05, 4.69) is 26.9 Å². The maximum Gasteiger partial charge on any atom is 0.272 e. The van der Waals surface area contributed by atoms with Crippen molar-refractivity contribution in [2.75, 3.05) is 51.3 Å². The molecule has 8 nitrogen and oxygen atoms in total. The molecule has 3 aliphatic heterocycles. The number of ether oxygens (including phenoxy) is 1. The van der Waals surface area contributed by atoms with E-state index in [1.165, 1.54) is 37.9 Å². The summed E-state index contributed by atoms with van der Waals surface area (Å²) in [5, 5.41) is 0. The number of halogens is 1. The summed E-state index contributed by atoms with van der Waals surface area (Å²) in [7, 11) is 1.46. The molecular weight excluding hydrogens is 583 g/mol. The Morgan fingerprint density at radius 3 is 2.17 bits per heavy atom. The van der Waals surface area contributed by atoms with Crippen LogP contribution in [0.5, 0.6) is 5.75 Å². The highest BCUT2D eigenvalue weighted by atomic mass is 19.1. The lowest BCUT2D eigenvalue weighted by Crippen LogP contribution is -2.40. The predicted octanol–water partition coefficient (Wildman–Crippen LogP) is 6.05. The Kier molecular flexibility index (Phi) is 10.1. The number of pyridine rings is 1. The second kappa shape index (κ2) is 14.5. The van der Waals surface area contributed by atoms with Gasteiger partial charge in [0.2, 0.25) is 0 Å². The number of piperidine rings is 2. The van der Waals surface area contributed by atoms with Crippen LogP contribution in [0.2, 0.25) is 0 Å². The topological polar surface area (TPSA) is 83.0 Å². The molecule has 0 aliphatic carbocycles. The van der Waals surface area contributed by atoms with E-state index >= 15 is 0 Å². The Hall–Kier alpha value is -4.11. The maximum atomic E-state index is 14.1. The fourth-order valence-corrected chi connectivity index (χ4v) is 7.03. The van der Waals surface area contributed by atoms with Gasteiger partial charge in [0.1, 0.15) is 5.69 Å². The number of carbonyl (C=O) groups excluding carboxylic acids is 3. The number of benzene rings is 2. The molecule has 3 fully saturated rings. The Bertz CT molecular complexity index is 1520. The first kappa shape index (κ1) is 31.9. The van der Waals surface area contributed by atoms with Gasteiger partial charge in [0.25, 0.3) is 5.91 Å². The molecule has 0 saturated carbocycles. The smallest absolute Gasteiger partial charge is 0.272 e. The Balaban J connectivity index is 0.939. The van der Waals surface area contributed by atoms with E-state index in [0.717, 1.165) is 50.1 Å². The lowest BCUT2D eigenvalue weighted by atomic mass is 9.88. The zero-order valence-corrected chi connectivity index (χ0v) is 26.6. The van der Waals surface area contributed by atoms with Crippen molar-refractivity contribution in [3.63, 3.8) is 0 Å². The molecule has 9 heteroatoms. The summed E-state index contributed by atoms with van der Waals surface area (Å²) < 4.78 is 19.1. The molecule has 6 rings (SSSR count). The number of hydrogen-bond acceptors (Lipinski definition) is 7. The minimum absolute atomic E-state index is 0.0370. The van der Waals surface area contributed by atoms with Crippen molar-refractivity contribution >= 4 is 23.2 Å². The molecule has 46 heavy (non-hydrogen) atoms. The monoisotopic (exact) mass is 626 g/mol. The summed E-state index contributed by atoms with van der Waals surface area (Å²) in [6.45, 7) is 5.54. The first-order valence-corrected chi connectivity index (χ1v) is 16.6. The predicted molar refractivity (Wildman–Crippen MR) is 175 cm³/mol. The van der Waals surface area contributed by atoms with E-state index < -0.39 is 0 Å². The lowest BCUT2D eigenvalue weighted by molar-refractivity contribution is 0.0645. The molecule has 0 N–H and O–H groups in total. The number of methoxy groups -OCH3 is 1. The molecule has 1 amide bonds. The van der Waals surface area contributed by atoms with Gasteiger partial charge >= 0.3 is 0 Å². The van der Waals surface area contributed by atoms with Crippen LogP contribution in [-0.2, 0) is 6.54 Å². The molecule has 3 aliphatic rings. The van der Waals surface area contributed by atoms with Gasteiger partial charge in [0.05, 0.1) is 7.11 Å². The molecule has 0 atom stereocenters. The molecule has 242 valence electrons. The fourth-order valence-electron chi connectivity index (χ4n) is 7.03. The summed E-state index contributed by atoms with van der Waals surface area (Å²) in [5.41, 5.74) is 3.67. The zero-order valence-electron chi connectivity index (χ0n) is 26.6. The molecule has 0 radical (unpaired) electrons. The molecule has 0 spiro atoms. The third kappa shape index (κ3) is 7.47. The number of Topliss-reactive ketones (excluding diaryl/α,β-unsaturated/α-hetero) is 2. The van der Waals surface area contributed by atoms with E-state index in [-0.39, 0.29) is 40.9 Å². The van der Waals surface area contributed by atoms with E-state index in [4.69, 9.17) is 4.74 Å². The largest absolute Gasteiger partial charge is 0.494 e. The van der Waals surface area contributed by atoms with Crippen LogP contribution >= 0.6 is 0 Å². The fraction of sp³-hybridized carbons (Fsp3) is 0.459. The van der Waals surface area contributed by atoms with Crippen molar-refractivity contribution in [3.8, 4) is 5.75 Å². The average molecular weight is 627 g/mol. The minimum Gasteiger partial charge on any atom is -0.494 e. The number of likely N-dealkylation sites (tertiary alicyclic amines) is 2. The molecule has 3 aromatic rings. The van der Waals surface area contributed by atoms with Crippen molar-refractivity contribution in [2.45, 2.75) is 51.5 Å². The average Bonchev–Trinajstić information content (AvgIpc) is 3.64. The van der Waals surface area contributed by atoms with Gasteiger partial charge in [-0.05, 0) is 112 Å². The Labute approximate surface area is 270 Å². The highest BCUT2D eigenvalue weighted by molar-refractivity contribution is 5.99. The van der Waals surface area contributed by atoms with Crippen LogP contribution in [0.15, 0.2) is 60.8 Å². The van der Waals surface area contributed by atoms with Gasteiger partial charge in [0, 0.05) is 68.1 Å². The number of anilines is 1. The van der Waals surface area contributed by atoms with E-state index in [0.29, 0.717) is 50.2 Å². The molecule has 4 heterocycles. The quantitative estimate of drug-likeness (QED) is 0.254. The summed E-state index contributed by atoms with van der Waals surface area (Å²) in [5.74, 6) is 0.110. The Morgan fingerprint density at radius 2 is 1.54 bits per heavy atom. The summed E-state index contributed by atoms with van der Waals surface area (Å²) >= 11 is 0. The van der Waals surface area contributed by atoms with Crippen molar-refractivity contribution in [1.82, 2.24) is 14.8 Å². The van der Waals surface area contributed by atoms with Gasteiger partial charge in [-0.1, -0.05) is 6.07 Å². The van der Waals surface area contributed by atoms with Crippen molar-refractivity contribution in [3.05, 3.63) is 89.0 Å². The van der Waals surface area contributed by atoms with Crippen LogP contribution < -0.4 is 9.64 Å². The van der Waals surface area contributed by atoms with Crippen LogP contribution in [0.3, 0.4) is 0 Å². The van der Waals surface area contributed by atoms with Gasteiger partial charge in [-0.25, -0.2) is 4.39 Å². The van der Waals surface area contributed by atoms with Crippen molar-refractivity contribution < 1.29 is 23.5 Å². The molecule has 3 saturated heterocycles. The number of hydrogen-bond donors (Lipinski definition) is 0. The first-order valence-electron chi connectivity index (χ1n) is 16.6. The highest BCUT2D eigenvalue weighted by Crippen LogP contribution is 2.27. The van der Waals surface area contributed by atoms with E-state index in [1.54, 1.807) is 23.1 Å². The van der Waals surface area contributed by atoms with Gasteiger partial charge in [0.15, 0.2) is 23.1 Å². The summed E-state index contributed by atoms with van der Waals surface area (Å²) in [6, 6.07) is 16.4. The van der Waals surface area contributed by atoms with Crippen LogP contribution in [-0.4, -0.2) is 78.6 Å². The van der Waals surface area contributed by atoms with Gasteiger partial charge in [-0.3, -0.25) is 24.3 Å². The standard InChI is InChI=1S/C37H43FN4O4/c1-46-35-11-4-27(22-32(35)38)25-40-18-12-26(13-19-40)23-34(43)30-7-10-33(39-24-30)37(45)42-20-14-29(15-21-42)36(44)28-5-8-31(9-6-28)41-16-2-3-17-41/h4-11,22,24,26,29H,2-3,12-21,23,25H2,1H3. The SMILES string of the molecule is COc1ccc(CN2CCC(CC(=O)c3ccc(C(=O)N4CCC(C(=O)c5ccc(N6CCCC6)cc5)CC4)nc3)CC2)cc1F. The Morgan fingerprint density at radius 1 is 0.848 bits per heavy atom. The summed E-state index contributed by atoms with van der Waals surface area (Å²) in [4.78, 5) is 50.1. The first-order chi connectivity index (χ1) is 22.4. The van der Waals surface area contributed by atoms with Gasteiger partial charge in [-0.15, -0.1) is 0 Å². The zero-order chi connectivity index (χ0) is 32.0. The van der Waals surface area contributed by atoms with Gasteiger partial charge in [-0.2, -0.15) is 0 Å². The number of nitrogens with zero attached hydrogens (tertiary/aromatic N) is 4. The maximum absolute atomic E-state index is 14.1. The normalized spacial score (nSPS) is 18.1. The minimum atomic E-state index is -0.354. The summed E-state index contributed by atoms with van der Waals surface area (Å²) in [6.07, 6.45) is 7.46. The molecule has 1 aromatic heterocycles. The highest BCUT2D eigenvalue weighted by Gasteiger charge is 2.29. The number of carbonyl (C=O) groups is 3. The van der Waals surface area contributed by atoms with Crippen LogP contribution in [0.1, 0.15) is 81.7 Å².